The smallest absolute Gasteiger partial charge is 0.338 e. The molecule has 162 valence electrons. The number of ether oxygens (including phenoxy) is 2. The highest BCUT2D eigenvalue weighted by molar-refractivity contribution is 6.44. The fraction of sp³-hybridized carbons (Fsp3) is 0.450. The lowest BCUT2D eigenvalue weighted by atomic mass is 10.0. The van der Waals surface area contributed by atoms with Crippen molar-refractivity contribution in [1.82, 2.24) is 15.3 Å². The number of aromatic amines is 1. The first-order valence-corrected chi connectivity index (χ1v) is 10.4. The van der Waals surface area contributed by atoms with Crippen LogP contribution in [0.4, 0.5) is 5.82 Å². The second-order valence-electron chi connectivity index (χ2n) is 6.96. The van der Waals surface area contributed by atoms with Crippen LogP contribution in [-0.4, -0.2) is 60.8 Å². The maximum atomic E-state index is 12.7. The first-order valence-electron chi connectivity index (χ1n) is 9.61. The van der Waals surface area contributed by atoms with Crippen LogP contribution in [0.5, 0.6) is 0 Å². The van der Waals surface area contributed by atoms with Gasteiger partial charge in [0.15, 0.2) is 0 Å². The molecular weight excluding hydrogens is 431 g/mol. The minimum Gasteiger partial charge on any atom is -0.462 e. The van der Waals surface area contributed by atoms with E-state index < -0.39 is 0 Å². The molecule has 10 heteroatoms. The average molecular weight is 455 g/mol. The SMILES string of the molecule is CCOC(=O)c1ccnc(N2CC[C@@H](NC(=O)c3[nH]c(C)c(Cl)c3Cl)[C@@H](OC)C2)c1. The van der Waals surface area contributed by atoms with E-state index in [0.717, 1.165) is 0 Å². The molecule has 1 saturated heterocycles. The van der Waals surface area contributed by atoms with E-state index in [1.807, 2.05) is 4.90 Å². The van der Waals surface area contributed by atoms with Crippen LogP contribution in [0.2, 0.25) is 10.0 Å². The molecular formula is C20H24Cl2N4O4. The molecule has 1 fully saturated rings. The summed E-state index contributed by atoms with van der Waals surface area (Å²) in [6, 6.07) is 3.10. The monoisotopic (exact) mass is 454 g/mol. The lowest BCUT2D eigenvalue weighted by Crippen LogP contribution is -2.55. The molecule has 2 atom stereocenters. The third kappa shape index (κ3) is 4.71. The third-order valence-corrected chi connectivity index (χ3v) is 5.99. The van der Waals surface area contributed by atoms with Gasteiger partial charge in [0.1, 0.15) is 11.5 Å². The van der Waals surface area contributed by atoms with E-state index in [1.165, 1.54) is 0 Å². The number of H-pyrrole nitrogens is 1. The second kappa shape index (κ2) is 9.68. The van der Waals surface area contributed by atoms with Crippen molar-refractivity contribution >= 4 is 40.9 Å². The van der Waals surface area contributed by atoms with Crippen molar-refractivity contribution in [3.8, 4) is 0 Å². The molecule has 3 heterocycles. The molecule has 2 aromatic rings. The maximum absolute atomic E-state index is 12.7. The number of hydrogen-bond donors (Lipinski definition) is 2. The Morgan fingerprint density at radius 1 is 1.37 bits per heavy atom. The van der Waals surface area contributed by atoms with Crippen molar-refractivity contribution < 1.29 is 19.1 Å². The number of carbonyl (C=O) groups excluding carboxylic acids is 2. The summed E-state index contributed by atoms with van der Waals surface area (Å²) in [4.78, 5) is 34.0. The number of pyridine rings is 1. The summed E-state index contributed by atoms with van der Waals surface area (Å²) in [5.41, 5.74) is 1.32. The quantitative estimate of drug-likeness (QED) is 0.650. The predicted octanol–water partition coefficient (Wildman–Crippen LogP) is 3.23. The highest BCUT2D eigenvalue weighted by Crippen LogP contribution is 2.29. The summed E-state index contributed by atoms with van der Waals surface area (Å²) < 4.78 is 10.7. The lowest BCUT2D eigenvalue weighted by molar-refractivity contribution is 0.0522. The van der Waals surface area contributed by atoms with Gasteiger partial charge in [-0.05, 0) is 32.4 Å². The first kappa shape index (κ1) is 22.4. The topological polar surface area (TPSA) is 96.5 Å². The van der Waals surface area contributed by atoms with Crippen LogP contribution >= 0.6 is 23.2 Å². The predicted molar refractivity (Wildman–Crippen MR) is 115 cm³/mol. The Labute approximate surface area is 184 Å². The molecule has 30 heavy (non-hydrogen) atoms. The van der Waals surface area contributed by atoms with Gasteiger partial charge in [-0.25, -0.2) is 9.78 Å². The van der Waals surface area contributed by atoms with E-state index in [4.69, 9.17) is 32.7 Å². The van der Waals surface area contributed by atoms with Crippen molar-refractivity contribution in [3.63, 3.8) is 0 Å². The molecule has 1 aliphatic rings. The van der Waals surface area contributed by atoms with Gasteiger partial charge in [-0.2, -0.15) is 0 Å². The highest BCUT2D eigenvalue weighted by Gasteiger charge is 2.32. The largest absolute Gasteiger partial charge is 0.462 e. The number of anilines is 1. The van der Waals surface area contributed by atoms with E-state index in [9.17, 15) is 9.59 Å². The normalized spacial score (nSPS) is 18.9. The number of carbonyl (C=O) groups is 2. The molecule has 2 aromatic heterocycles. The summed E-state index contributed by atoms with van der Waals surface area (Å²) in [6.45, 7) is 4.95. The molecule has 0 saturated carbocycles. The fourth-order valence-corrected chi connectivity index (χ4v) is 3.85. The van der Waals surface area contributed by atoms with Crippen LogP contribution in [0.1, 0.15) is 39.9 Å². The van der Waals surface area contributed by atoms with Gasteiger partial charge in [0, 0.05) is 32.1 Å². The fourth-order valence-electron chi connectivity index (χ4n) is 3.43. The van der Waals surface area contributed by atoms with Crippen LogP contribution in [0, 0.1) is 6.92 Å². The van der Waals surface area contributed by atoms with Crippen LogP contribution in [0.3, 0.4) is 0 Å². The zero-order chi connectivity index (χ0) is 21.8. The van der Waals surface area contributed by atoms with Gasteiger partial charge in [-0.15, -0.1) is 0 Å². The molecule has 0 bridgehead atoms. The number of aryl methyl sites for hydroxylation is 1. The van der Waals surface area contributed by atoms with Crippen molar-refractivity contribution in [1.29, 1.82) is 0 Å². The maximum Gasteiger partial charge on any atom is 0.338 e. The van der Waals surface area contributed by atoms with Crippen LogP contribution in [0.25, 0.3) is 0 Å². The average Bonchev–Trinajstić information content (AvgIpc) is 3.01. The Morgan fingerprint density at radius 2 is 2.13 bits per heavy atom. The number of piperidine rings is 1. The van der Waals surface area contributed by atoms with Crippen LogP contribution in [0.15, 0.2) is 18.3 Å². The Kier molecular flexibility index (Phi) is 7.23. The summed E-state index contributed by atoms with van der Waals surface area (Å²) in [7, 11) is 1.60. The Bertz CT molecular complexity index is 934. The molecule has 0 radical (unpaired) electrons. The Balaban J connectivity index is 1.69. The Morgan fingerprint density at radius 3 is 2.77 bits per heavy atom. The molecule has 1 aliphatic heterocycles. The van der Waals surface area contributed by atoms with Gasteiger partial charge in [0.2, 0.25) is 0 Å². The summed E-state index contributed by atoms with van der Waals surface area (Å²) >= 11 is 12.2. The minimum atomic E-state index is -0.386. The van der Waals surface area contributed by atoms with Gasteiger partial charge >= 0.3 is 5.97 Å². The van der Waals surface area contributed by atoms with Crippen LogP contribution in [-0.2, 0) is 9.47 Å². The molecule has 0 aromatic carbocycles. The standard InChI is InChI=1S/C20H24Cl2N4O4/c1-4-30-20(28)12-5-7-23-15(9-12)26-8-6-13(14(10-26)29-3)25-19(27)18-17(22)16(21)11(2)24-18/h5,7,9,13-14,24H,4,6,8,10H2,1-3H3,(H,25,27)/t13-,14+/m1/s1. The third-order valence-electron chi connectivity index (χ3n) is 5.04. The van der Waals surface area contributed by atoms with Crippen molar-refractivity contribution in [2.75, 3.05) is 31.7 Å². The molecule has 0 unspecified atom stereocenters. The number of amides is 1. The number of nitrogens with one attached hydrogen (secondary N) is 2. The molecule has 1 amide bonds. The van der Waals surface area contributed by atoms with Gasteiger partial charge in [-0.3, -0.25) is 4.79 Å². The summed E-state index contributed by atoms with van der Waals surface area (Å²) in [5, 5.41) is 3.52. The lowest BCUT2D eigenvalue weighted by Gasteiger charge is -2.38. The first-order chi connectivity index (χ1) is 14.3. The molecule has 3 rings (SSSR count). The van der Waals surface area contributed by atoms with E-state index in [0.29, 0.717) is 48.2 Å². The number of nitrogens with zero attached hydrogens (tertiary/aromatic N) is 2. The zero-order valence-corrected chi connectivity index (χ0v) is 18.5. The number of methoxy groups -OCH3 is 1. The van der Waals surface area contributed by atoms with Crippen molar-refractivity contribution in [3.05, 3.63) is 45.3 Å². The summed E-state index contributed by atoms with van der Waals surface area (Å²) in [6.07, 6.45) is 1.93. The van der Waals surface area contributed by atoms with Crippen LogP contribution < -0.4 is 10.2 Å². The van der Waals surface area contributed by atoms with Gasteiger partial charge in [0.05, 0.1) is 34.4 Å². The number of hydrogen-bond acceptors (Lipinski definition) is 6. The van der Waals surface area contributed by atoms with E-state index in [2.05, 4.69) is 15.3 Å². The number of halogens is 2. The van der Waals surface area contributed by atoms with Gasteiger partial charge < -0.3 is 24.7 Å². The van der Waals surface area contributed by atoms with E-state index >= 15 is 0 Å². The molecule has 0 aliphatic carbocycles. The highest BCUT2D eigenvalue weighted by atomic mass is 35.5. The molecule has 8 nitrogen and oxygen atoms in total. The number of esters is 1. The molecule has 2 N–H and O–H groups in total. The van der Waals surface area contributed by atoms with E-state index in [1.54, 1.807) is 39.3 Å². The van der Waals surface area contributed by atoms with Gasteiger partial charge in [0.25, 0.3) is 5.91 Å². The Hall–Kier alpha value is -2.29. The molecule has 0 spiro atoms. The minimum absolute atomic E-state index is 0.207. The van der Waals surface area contributed by atoms with Crippen molar-refractivity contribution in [2.45, 2.75) is 32.4 Å². The van der Waals surface area contributed by atoms with E-state index in [-0.39, 0.29) is 34.7 Å². The van der Waals surface area contributed by atoms with Crippen molar-refractivity contribution in [2.24, 2.45) is 0 Å². The number of aromatic nitrogens is 2. The van der Waals surface area contributed by atoms with Gasteiger partial charge in [-0.1, -0.05) is 23.2 Å². The number of rotatable bonds is 6. The zero-order valence-electron chi connectivity index (χ0n) is 17.0. The summed E-state index contributed by atoms with van der Waals surface area (Å²) in [5.74, 6) is -0.0662. The second-order valence-corrected chi connectivity index (χ2v) is 7.72.